The van der Waals surface area contributed by atoms with Crippen LogP contribution in [0.15, 0.2) is 140 Å². The fourth-order valence-corrected chi connectivity index (χ4v) is 8.93. The number of amides is 1. The number of hydrogen-bond acceptors (Lipinski definition) is 1. The zero-order valence-electron chi connectivity index (χ0n) is 20.0. The van der Waals surface area contributed by atoms with Crippen LogP contribution in [0.1, 0.15) is 10.4 Å². The van der Waals surface area contributed by atoms with Gasteiger partial charge in [0.05, 0.1) is 0 Å². The molecule has 178 valence electrons. The number of nitrogens with one attached hydrogen (secondary N) is 1. The number of halogens is 1. The van der Waals surface area contributed by atoms with Crippen molar-refractivity contribution < 1.29 is 21.8 Å². The van der Waals surface area contributed by atoms with Gasteiger partial charge in [-0.05, 0) is 71.8 Å². The minimum atomic E-state index is -2.10. The number of benzene rings is 5. The molecule has 0 saturated heterocycles. The van der Waals surface area contributed by atoms with Crippen molar-refractivity contribution in [3.63, 3.8) is 0 Å². The summed E-state index contributed by atoms with van der Waals surface area (Å²) >= 11 is 0. The van der Waals surface area contributed by atoms with Crippen LogP contribution >= 0.6 is 7.26 Å². The second kappa shape index (κ2) is 11.5. The van der Waals surface area contributed by atoms with Gasteiger partial charge in [0.1, 0.15) is 28.5 Å². The first-order valence-electron chi connectivity index (χ1n) is 11.7. The molecule has 0 bridgehead atoms. The predicted octanol–water partition coefficient (Wildman–Crippen LogP) is 2.34. The SMILES string of the molecule is CNC(=O)c1ccc(-c2ccc([P+](c3ccccc3)(c3ccccc3)c3ccccc3)cc2)cc1.[Br-]. The molecule has 0 unspecified atom stereocenters. The van der Waals surface area contributed by atoms with Crippen LogP contribution in [0.5, 0.6) is 0 Å². The molecule has 0 atom stereocenters. The van der Waals surface area contributed by atoms with E-state index in [0.29, 0.717) is 5.56 Å². The van der Waals surface area contributed by atoms with Crippen molar-refractivity contribution in [1.29, 1.82) is 0 Å². The van der Waals surface area contributed by atoms with Crippen molar-refractivity contribution in [2.24, 2.45) is 0 Å². The highest BCUT2D eigenvalue weighted by Crippen LogP contribution is 2.54. The third kappa shape index (κ3) is 4.78. The standard InChI is InChI=1S/C32H26NOP.BrH/c1-33-32(34)27-19-17-25(18-20-27)26-21-23-31(24-22-26)35(28-11-5-2-6-12-28,29-13-7-3-8-14-29)30-15-9-4-10-16-30;/h2-24H,1H3;1H. The van der Waals surface area contributed by atoms with Gasteiger partial charge in [-0.15, -0.1) is 0 Å². The molecular formula is C32H27BrNOP. The van der Waals surface area contributed by atoms with Crippen LogP contribution in [0.25, 0.3) is 11.1 Å². The normalized spacial score (nSPS) is 10.8. The Morgan fingerprint density at radius 3 is 1.19 bits per heavy atom. The van der Waals surface area contributed by atoms with Crippen LogP contribution in [-0.4, -0.2) is 13.0 Å². The molecule has 5 rings (SSSR count). The highest BCUT2D eigenvalue weighted by Gasteiger charge is 2.47. The minimum Gasteiger partial charge on any atom is -1.00 e. The summed E-state index contributed by atoms with van der Waals surface area (Å²) in [6.07, 6.45) is 0. The quantitative estimate of drug-likeness (QED) is 0.322. The number of hydrogen-bond donors (Lipinski definition) is 1. The van der Waals surface area contributed by atoms with E-state index in [2.05, 4.69) is 121 Å². The van der Waals surface area contributed by atoms with E-state index in [1.54, 1.807) is 7.05 Å². The largest absolute Gasteiger partial charge is 1.00 e. The van der Waals surface area contributed by atoms with Crippen LogP contribution in [0, 0.1) is 0 Å². The molecule has 0 aliphatic rings. The third-order valence-electron chi connectivity index (χ3n) is 6.39. The molecule has 0 aromatic heterocycles. The Balaban J connectivity index is 0.00000304. The van der Waals surface area contributed by atoms with Crippen molar-refractivity contribution in [1.82, 2.24) is 5.32 Å². The van der Waals surface area contributed by atoms with Crippen LogP contribution in [0.4, 0.5) is 0 Å². The van der Waals surface area contributed by atoms with Gasteiger partial charge in [0, 0.05) is 12.6 Å². The fourth-order valence-electron chi connectivity index (χ4n) is 4.69. The summed E-state index contributed by atoms with van der Waals surface area (Å²) in [6, 6.07) is 49.4. The summed E-state index contributed by atoms with van der Waals surface area (Å²) < 4.78 is 0. The lowest BCUT2D eigenvalue weighted by molar-refractivity contribution is -0.0000148. The molecule has 0 aliphatic carbocycles. The average Bonchev–Trinajstić information content (AvgIpc) is 2.95. The maximum Gasteiger partial charge on any atom is 0.251 e. The molecule has 0 saturated carbocycles. The molecule has 0 fully saturated rings. The van der Waals surface area contributed by atoms with Gasteiger partial charge >= 0.3 is 0 Å². The summed E-state index contributed by atoms with van der Waals surface area (Å²) in [5.41, 5.74) is 2.88. The second-order valence-corrected chi connectivity index (χ2v) is 11.8. The monoisotopic (exact) mass is 551 g/mol. The molecule has 1 N–H and O–H groups in total. The molecule has 1 amide bonds. The lowest BCUT2D eigenvalue weighted by Crippen LogP contribution is -3.00. The Labute approximate surface area is 224 Å². The molecular weight excluding hydrogens is 525 g/mol. The Bertz CT molecular complexity index is 1310. The molecule has 0 heterocycles. The molecule has 5 aromatic rings. The second-order valence-electron chi connectivity index (χ2n) is 8.38. The summed E-state index contributed by atoms with van der Waals surface area (Å²) in [5, 5.41) is 7.99. The average molecular weight is 552 g/mol. The van der Waals surface area contributed by atoms with E-state index in [-0.39, 0.29) is 22.9 Å². The summed E-state index contributed by atoms with van der Waals surface area (Å²) in [7, 11) is -0.446. The Morgan fingerprint density at radius 1 is 0.500 bits per heavy atom. The highest BCUT2D eigenvalue weighted by molar-refractivity contribution is 8.01. The first-order valence-corrected chi connectivity index (χ1v) is 13.5. The molecule has 0 radical (unpaired) electrons. The molecule has 0 aliphatic heterocycles. The maximum atomic E-state index is 11.9. The number of carbonyl (C=O) groups is 1. The first kappa shape index (κ1) is 25.6. The van der Waals surface area contributed by atoms with E-state index in [1.165, 1.54) is 21.2 Å². The van der Waals surface area contributed by atoms with Crippen molar-refractivity contribution >= 4 is 34.4 Å². The third-order valence-corrected chi connectivity index (χ3v) is 10.7. The highest BCUT2D eigenvalue weighted by atomic mass is 79.9. The zero-order chi connectivity index (χ0) is 24.1. The van der Waals surface area contributed by atoms with Crippen molar-refractivity contribution in [2.45, 2.75) is 0 Å². The minimum absolute atomic E-state index is 0. The van der Waals surface area contributed by atoms with Gasteiger partial charge in [-0.1, -0.05) is 78.9 Å². The molecule has 5 aromatic carbocycles. The number of rotatable bonds is 6. The van der Waals surface area contributed by atoms with Crippen LogP contribution in [-0.2, 0) is 0 Å². The van der Waals surface area contributed by atoms with E-state index in [1.807, 2.05) is 24.3 Å². The van der Waals surface area contributed by atoms with E-state index in [4.69, 9.17) is 0 Å². The van der Waals surface area contributed by atoms with E-state index >= 15 is 0 Å². The molecule has 4 heteroatoms. The molecule has 2 nitrogen and oxygen atoms in total. The Kier molecular flexibility index (Phi) is 8.15. The van der Waals surface area contributed by atoms with E-state index in [0.717, 1.165) is 11.1 Å². The van der Waals surface area contributed by atoms with Crippen molar-refractivity contribution in [2.75, 3.05) is 7.05 Å². The van der Waals surface area contributed by atoms with Gasteiger partial charge in [0.25, 0.3) is 5.91 Å². The van der Waals surface area contributed by atoms with Crippen LogP contribution in [0.3, 0.4) is 0 Å². The van der Waals surface area contributed by atoms with Gasteiger partial charge in [0.2, 0.25) is 0 Å². The van der Waals surface area contributed by atoms with Crippen LogP contribution in [0.2, 0.25) is 0 Å². The van der Waals surface area contributed by atoms with Gasteiger partial charge in [-0.2, -0.15) is 0 Å². The van der Waals surface area contributed by atoms with E-state index in [9.17, 15) is 4.79 Å². The number of carbonyl (C=O) groups excluding carboxylic acids is 1. The Morgan fingerprint density at radius 2 is 0.833 bits per heavy atom. The van der Waals surface area contributed by atoms with Crippen LogP contribution < -0.4 is 43.5 Å². The molecule has 0 spiro atoms. The lowest BCUT2D eigenvalue weighted by atomic mass is 10.0. The Hall–Kier alpha value is -3.52. The van der Waals surface area contributed by atoms with Gasteiger partial charge in [0.15, 0.2) is 0 Å². The summed E-state index contributed by atoms with van der Waals surface area (Å²) in [6.45, 7) is 0. The van der Waals surface area contributed by atoms with E-state index < -0.39 is 7.26 Å². The van der Waals surface area contributed by atoms with Gasteiger partial charge < -0.3 is 22.3 Å². The lowest BCUT2D eigenvalue weighted by Gasteiger charge is -2.27. The van der Waals surface area contributed by atoms with Crippen molar-refractivity contribution in [3.05, 3.63) is 145 Å². The topological polar surface area (TPSA) is 29.1 Å². The molecule has 36 heavy (non-hydrogen) atoms. The van der Waals surface area contributed by atoms with Gasteiger partial charge in [-0.3, -0.25) is 4.79 Å². The van der Waals surface area contributed by atoms with Gasteiger partial charge in [-0.25, -0.2) is 0 Å². The summed E-state index contributed by atoms with van der Waals surface area (Å²) in [4.78, 5) is 11.9. The fraction of sp³-hybridized carbons (Fsp3) is 0.0312. The smallest absolute Gasteiger partial charge is 0.251 e. The van der Waals surface area contributed by atoms with Crippen molar-refractivity contribution in [3.8, 4) is 11.1 Å². The summed E-state index contributed by atoms with van der Waals surface area (Å²) in [5.74, 6) is -0.0740. The first-order chi connectivity index (χ1) is 17.2. The predicted molar refractivity (Wildman–Crippen MR) is 150 cm³/mol. The zero-order valence-corrected chi connectivity index (χ0v) is 22.5. The maximum absolute atomic E-state index is 11.9.